The molecule has 3 heterocycles. The van der Waals surface area contributed by atoms with Crippen LogP contribution in [0.1, 0.15) is 0 Å². The van der Waals surface area contributed by atoms with Gasteiger partial charge in [0.2, 0.25) is 0 Å². The first kappa shape index (κ1) is 26.6. The van der Waals surface area contributed by atoms with Crippen molar-refractivity contribution in [2.75, 3.05) is 0 Å². The number of nitrogens with zero attached hydrogens (tertiary/aromatic N) is 3. The molecule has 0 bridgehead atoms. The first-order valence-corrected chi connectivity index (χ1v) is 15.9. The summed E-state index contributed by atoms with van der Waals surface area (Å²) in [6.07, 6.45) is 0. The molecule has 0 amide bonds. The lowest BCUT2D eigenvalue weighted by Crippen LogP contribution is -2.00. The van der Waals surface area contributed by atoms with Crippen molar-refractivity contribution in [2.24, 2.45) is 0 Å². The molecule has 48 heavy (non-hydrogen) atoms. The number of hydrogen-bond donors (Lipinski definition) is 0. The zero-order valence-corrected chi connectivity index (χ0v) is 25.6. The van der Waals surface area contributed by atoms with Gasteiger partial charge in [0, 0.05) is 49.2 Å². The van der Waals surface area contributed by atoms with E-state index in [0.717, 1.165) is 82.5 Å². The molecule has 10 rings (SSSR count). The molecule has 3 aromatic heterocycles. The van der Waals surface area contributed by atoms with Gasteiger partial charge >= 0.3 is 0 Å². The maximum Gasteiger partial charge on any atom is 0.164 e. The van der Waals surface area contributed by atoms with Gasteiger partial charge in [0.1, 0.15) is 22.3 Å². The highest BCUT2D eigenvalue weighted by Gasteiger charge is 2.22. The lowest BCUT2D eigenvalue weighted by molar-refractivity contribution is 0.670. The summed E-state index contributed by atoms with van der Waals surface area (Å²) in [5.41, 5.74) is 8.13. The average Bonchev–Trinajstić information content (AvgIpc) is 3.75. The number of rotatable bonds is 4. The quantitative estimate of drug-likeness (QED) is 0.197. The van der Waals surface area contributed by atoms with E-state index >= 15 is 0 Å². The second kappa shape index (κ2) is 10.5. The molecule has 5 heteroatoms. The maximum absolute atomic E-state index is 6.78. The summed E-state index contributed by atoms with van der Waals surface area (Å²) >= 11 is 0. The van der Waals surface area contributed by atoms with Crippen LogP contribution in [0.2, 0.25) is 0 Å². The van der Waals surface area contributed by atoms with Gasteiger partial charge < -0.3 is 8.83 Å². The lowest BCUT2D eigenvalue weighted by atomic mass is 9.94. The van der Waals surface area contributed by atoms with Crippen molar-refractivity contribution in [3.05, 3.63) is 152 Å². The van der Waals surface area contributed by atoms with Crippen LogP contribution >= 0.6 is 0 Å². The van der Waals surface area contributed by atoms with Gasteiger partial charge in [-0.25, -0.2) is 15.0 Å². The van der Waals surface area contributed by atoms with Crippen LogP contribution in [0.4, 0.5) is 0 Å². The van der Waals surface area contributed by atoms with Gasteiger partial charge in [-0.1, -0.05) is 133 Å². The average molecular weight is 616 g/mol. The van der Waals surface area contributed by atoms with E-state index in [-0.39, 0.29) is 0 Å². The Balaban J connectivity index is 1.25. The second-order valence-corrected chi connectivity index (χ2v) is 11.9. The molecule has 10 aromatic rings. The molecule has 0 aliphatic carbocycles. The fraction of sp³-hybridized carbons (Fsp3) is 0. The molecule has 0 aliphatic rings. The minimum atomic E-state index is 0.593. The van der Waals surface area contributed by atoms with Gasteiger partial charge in [-0.2, -0.15) is 0 Å². The van der Waals surface area contributed by atoms with Crippen LogP contribution in [-0.2, 0) is 0 Å². The Kier molecular flexibility index (Phi) is 5.81. The number of hydrogen-bond acceptors (Lipinski definition) is 5. The number of para-hydroxylation sites is 2. The van der Waals surface area contributed by atoms with E-state index in [1.807, 2.05) is 84.9 Å². The Labute approximate surface area is 274 Å². The normalized spacial score (nSPS) is 11.8. The van der Waals surface area contributed by atoms with Crippen LogP contribution in [0.3, 0.4) is 0 Å². The fourth-order valence-electron chi connectivity index (χ4n) is 6.95. The summed E-state index contributed by atoms with van der Waals surface area (Å²) in [7, 11) is 0. The van der Waals surface area contributed by atoms with Crippen molar-refractivity contribution in [1.29, 1.82) is 0 Å². The van der Waals surface area contributed by atoms with E-state index in [0.29, 0.717) is 17.5 Å². The molecule has 0 saturated carbocycles. The van der Waals surface area contributed by atoms with E-state index in [1.54, 1.807) is 0 Å². The van der Waals surface area contributed by atoms with Crippen LogP contribution in [-0.4, -0.2) is 15.0 Å². The van der Waals surface area contributed by atoms with E-state index in [2.05, 4.69) is 66.7 Å². The smallest absolute Gasteiger partial charge is 0.164 e. The Morgan fingerprint density at radius 1 is 0.354 bits per heavy atom. The summed E-state index contributed by atoms with van der Waals surface area (Å²) < 4.78 is 13.3. The molecule has 7 aromatic carbocycles. The predicted molar refractivity (Wildman–Crippen MR) is 194 cm³/mol. The Bertz CT molecular complexity index is 2780. The van der Waals surface area contributed by atoms with E-state index < -0.39 is 0 Å². The van der Waals surface area contributed by atoms with Gasteiger partial charge in [-0.3, -0.25) is 0 Å². The minimum absolute atomic E-state index is 0.593. The van der Waals surface area contributed by atoms with Crippen molar-refractivity contribution in [3.63, 3.8) is 0 Å². The third kappa shape index (κ3) is 4.08. The van der Waals surface area contributed by atoms with Crippen molar-refractivity contribution in [1.82, 2.24) is 15.0 Å². The summed E-state index contributed by atoms with van der Waals surface area (Å²) in [6.45, 7) is 0. The first-order valence-electron chi connectivity index (χ1n) is 15.9. The highest BCUT2D eigenvalue weighted by Crippen LogP contribution is 2.45. The van der Waals surface area contributed by atoms with Crippen LogP contribution in [0.25, 0.3) is 99.9 Å². The van der Waals surface area contributed by atoms with Crippen molar-refractivity contribution in [3.8, 4) is 45.3 Å². The van der Waals surface area contributed by atoms with Crippen LogP contribution in [0.15, 0.2) is 160 Å². The number of furan rings is 2. The van der Waals surface area contributed by atoms with Gasteiger partial charge in [0.15, 0.2) is 17.5 Å². The monoisotopic (exact) mass is 615 g/mol. The van der Waals surface area contributed by atoms with Gasteiger partial charge in [-0.05, 0) is 29.1 Å². The molecule has 224 valence electrons. The van der Waals surface area contributed by atoms with Crippen LogP contribution in [0, 0.1) is 0 Å². The SMILES string of the molecule is c1ccc(-c2nc(-c3ccccc3)nc(-c3cccc4oc5c(-c6cc7ccccc7c7oc8ccccc8c67)cccc5c34)n2)cc1. The topological polar surface area (TPSA) is 65.0 Å². The third-order valence-electron chi connectivity index (χ3n) is 9.12. The fourth-order valence-corrected chi connectivity index (χ4v) is 6.95. The largest absolute Gasteiger partial charge is 0.455 e. The molecule has 0 spiro atoms. The van der Waals surface area contributed by atoms with E-state index in [9.17, 15) is 0 Å². The first-order chi connectivity index (χ1) is 23.8. The second-order valence-electron chi connectivity index (χ2n) is 11.9. The Morgan fingerprint density at radius 2 is 0.917 bits per heavy atom. The molecule has 0 fully saturated rings. The highest BCUT2D eigenvalue weighted by atomic mass is 16.3. The third-order valence-corrected chi connectivity index (χ3v) is 9.12. The zero-order valence-electron chi connectivity index (χ0n) is 25.6. The summed E-state index contributed by atoms with van der Waals surface area (Å²) in [5.74, 6) is 1.83. The Hall–Kier alpha value is -6.59. The van der Waals surface area contributed by atoms with Crippen molar-refractivity contribution >= 4 is 54.6 Å². The van der Waals surface area contributed by atoms with Gasteiger partial charge in [-0.15, -0.1) is 0 Å². The molecular formula is C43H25N3O2. The van der Waals surface area contributed by atoms with Gasteiger partial charge in [0.05, 0.1) is 0 Å². The standard InChI is InChI=1S/C43H25N3O2/c1-3-13-26(14-4-1)41-44-42(27-15-5-2-6-16-27)46-43(45-41)33-22-12-24-36-37(33)32-21-11-20-30(39(32)48-36)34-25-28-17-7-8-18-29(28)40-38(34)31-19-9-10-23-35(31)47-40/h1-25H. The van der Waals surface area contributed by atoms with Gasteiger partial charge in [0.25, 0.3) is 0 Å². The molecule has 0 N–H and O–H groups in total. The summed E-state index contributed by atoms with van der Waals surface area (Å²) in [5, 5.41) is 6.32. The van der Waals surface area contributed by atoms with Crippen LogP contribution < -0.4 is 0 Å². The number of fused-ring (bicyclic) bond motifs is 8. The minimum Gasteiger partial charge on any atom is -0.455 e. The van der Waals surface area contributed by atoms with Crippen molar-refractivity contribution in [2.45, 2.75) is 0 Å². The number of aromatic nitrogens is 3. The summed E-state index contributed by atoms with van der Waals surface area (Å²) in [4.78, 5) is 15.0. The maximum atomic E-state index is 6.78. The van der Waals surface area contributed by atoms with E-state index in [4.69, 9.17) is 23.8 Å². The molecule has 0 unspecified atom stereocenters. The highest BCUT2D eigenvalue weighted by molar-refractivity contribution is 6.24. The molecular weight excluding hydrogens is 590 g/mol. The summed E-state index contributed by atoms with van der Waals surface area (Å²) in [6, 6.07) is 51.4. The molecule has 0 saturated heterocycles. The molecule has 0 radical (unpaired) electrons. The molecule has 0 aliphatic heterocycles. The zero-order chi connectivity index (χ0) is 31.6. The van der Waals surface area contributed by atoms with Crippen LogP contribution in [0.5, 0.6) is 0 Å². The molecule has 5 nitrogen and oxygen atoms in total. The van der Waals surface area contributed by atoms with E-state index in [1.165, 1.54) is 0 Å². The Morgan fingerprint density at radius 3 is 1.69 bits per heavy atom. The predicted octanol–water partition coefficient (Wildman–Crippen LogP) is 11.5. The van der Waals surface area contributed by atoms with Crippen molar-refractivity contribution < 1.29 is 8.83 Å². The molecule has 0 atom stereocenters. The number of benzene rings is 7. The lowest BCUT2D eigenvalue weighted by Gasteiger charge is -2.09.